The number of nitrogens with zero attached hydrogens (tertiary/aromatic N) is 3. The second kappa shape index (κ2) is 13.6. The fraction of sp³-hybridized carbons (Fsp3) is 0.412. The van der Waals surface area contributed by atoms with Crippen molar-refractivity contribution in [3.63, 3.8) is 0 Å². The van der Waals surface area contributed by atoms with E-state index in [-0.39, 0.29) is 30.4 Å². The molecule has 2 saturated heterocycles. The average Bonchev–Trinajstić information content (AvgIpc) is 2.97. The Morgan fingerprint density at radius 1 is 0.881 bits per heavy atom. The molecule has 0 saturated carbocycles. The number of aryl methyl sites for hydroxylation is 2. The van der Waals surface area contributed by atoms with Gasteiger partial charge >= 0.3 is 0 Å². The van der Waals surface area contributed by atoms with Crippen molar-refractivity contribution in [2.75, 3.05) is 39.3 Å². The van der Waals surface area contributed by atoms with Crippen molar-refractivity contribution in [1.82, 2.24) is 20.0 Å². The second-order valence-electron chi connectivity index (χ2n) is 11.9. The molecule has 8 heteroatoms. The topological polar surface area (TPSA) is 55.9 Å². The Morgan fingerprint density at radius 3 is 2.31 bits per heavy atom. The van der Waals surface area contributed by atoms with Crippen LogP contribution >= 0.6 is 23.2 Å². The Kier molecular flexibility index (Phi) is 9.89. The zero-order valence-electron chi connectivity index (χ0n) is 24.7. The third kappa shape index (κ3) is 7.35. The molecule has 5 rings (SSSR count). The van der Waals surface area contributed by atoms with E-state index in [1.807, 2.05) is 54.0 Å². The second-order valence-corrected chi connectivity index (χ2v) is 12.7. The highest BCUT2D eigenvalue weighted by Crippen LogP contribution is 2.31. The van der Waals surface area contributed by atoms with E-state index in [2.05, 4.69) is 47.5 Å². The molecule has 2 amide bonds. The third-order valence-corrected chi connectivity index (χ3v) is 9.28. The predicted octanol–water partition coefficient (Wildman–Crippen LogP) is 6.14. The monoisotopic (exact) mass is 606 g/mol. The molecule has 3 unspecified atom stereocenters. The van der Waals surface area contributed by atoms with Gasteiger partial charge in [-0.25, -0.2) is 0 Å². The van der Waals surface area contributed by atoms with Crippen LogP contribution < -0.4 is 5.32 Å². The summed E-state index contributed by atoms with van der Waals surface area (Å²) >= 11 is 12.6. The summed E-state index contributed by atoms with van der Waals surface area (Å²) in [4.78, 5) is 33.5. The fourth-order valence-corrected chi connectivity index (χ4v) is 6.70. The Labute approximate surface area is 259 Å². The smallest absolute Gasteiger partial charge is 0.254 e. The van der Waals surface area contributed by atoms with Crippen LogP contribution in [-0.2, 0) is 11.3 Å². The SMILES string of the molecule is Cc1cc(C)cc(C(=O)N2CCN(C(=O)CNC3CCN(Cc4ccccc4)CC3C)C(c3ccc(Cl)c(Cl)c3)C2)c1. The number of amides is 2. The van der Waals surface area contributed by atoms with Crippen LogP contribution in [0.3, 0.4) is 0 Å². The molecule has 42 heavy (non-hydrogen) atoms. The number of hydrogen-bond acceptors (Lipinski definition) is 4. The normalized spacial score (nSPS) is 21.4. The first-order valence-electron chi connectivity index (χ1n) is 14.8. The quantitative estimate of drug-likeness (QED) is 0.351. The molecule has 0 spiro atoms. The van der Waals surface area contributed by atoms with Crippen molar-refractivity contribution in [2.45, 2.75) is 45.8 Å². The molecule has 0 bridgehead atoms. The van der Waals surface area contributed by atoms with E-state index in [4.69, 9.17) is 23.2 Å². The van der Waals surface area contributed by atoms with Crippen molar-refractivity contribution in [2.24, 2.45) is 5.92 Å². The van der Waals surface area contributed by atoms with Gasteiger partial charge in [-0.05, 0) is 68.1 Å². The van der Waals surface area contributed by atoms with Gasteiger partial charge in [-0.15, -0.1) is 0 Å². The van der Waals surface area contributed by atoms with E-state index in [9.17, 15) is 9.59 Å². The summed E-state index contributed by atoms with van der Waals surface area (Å²) in [5.74, 6) is 0.435. The van der Waals surface area contributed by atoms with Gasteiger partial charge in [0.1, 0.15) is 0 Å². The van der Waals surface area contributed by atoms with Gasteiger partial charge in [0.15, 0.2) is 0 Å². The number of likely N-dealkylation sites (tertiary alicyclic amines) is 1. The summed E-state index contributed by atoms with van der Waals surface area (Å²) < 4.78 is 0. The Morgan fingerprint density at radius 2 is 1.62 bits per heavy atom. The number of rotatable bonds is 7. The average molecular weight is 608 g/mol. The van der Waals surface area contributed by atoms with Crippen LogP contribution in [0.5, 0.6) is 0 Å². The van der Waals surface area contributed by atoms with Gasteiger partial charge in [0, 0.05) is 44.3 Å². The number of carbonyl (C=O) groups is 2. The lowest BCUT2D eigenvalue weighted by Crippen LogP contribution is -2.55. The van der Waals surface area contributed by atoms with Crippen molar-refractivity contribution in [3.05, 3.63) is 105 Å². The highest BCUT2D eigenvalue weighted by molar-refractivity contribution is 6.42. The van der Waals surface area contributed by atoms with E-state index < -0.39 is 0 Å². The first-order valence-corrected chi connectivity index (χ1v) is 15.5. The van der Waals surface area contributed by atoms with Crippen molar-refractivity contribution in [3.8, 4) is 0 Å². The van der Waals surface area contributed by atoms with E-state index in [0.717, 1.165) is 42.7 Å². The predicted molar refractivity (Wildman–Crippen MR) is 170 cm³/mol. The zero-order valence-corrected chi connectivity index (χ0v) is 26.2. The highest BCUT2D eigenvalue weighted by Gasteiger charge is 2.35. The molecule has 3 atom stereocenters. The van der Waals surface area contributed by atoms with Crippen LogP contribution in [0.1, 0.15) is 52.0 Å². The number of piperidine rings is 1. The molecule has 0 aliphatic carbocycles. The standard InChI is InChI=1S/C34H40Cl2N4O2/c1-23-15-24(2)17-28(16-23)34(42)39-13-14-40(32(22-39)27-9-10-29(35)30(36)18-27)33(41)19-37-31-11-12-38(20-25(31)3)21-26-7-5-4-6-8-26/h4-10,15-18,25,31-32,37H,11-14,19-22H2,1-3H3. The van der Waals surface area contributed by atoms with Gasteiger partial charge in [0.25, 0.3) is 5.91 Å². The number of nitrogens with one attached hydrogen (secondary N) is 1. The molecular formula is C34H40Cl2N4O2. The first kappa shape index (κ1) is 30.6. The van der Waals surface area contributed by atoms with E-state index in [1.54, 1.807) is 6.07 Å². The van der Waals surface area contributed by atoms with Crippen LogP contribution in [0.25, 0.3) is 0 Å². The van der Waals surface area contributed by atoms with Crippen LogP contribution in [0.4, 0.5) is 0 Å². The van der Waals surface area contributed by atoms with Gasteiger partial charge in [-0.2, -0.15) is 0 Å². The van der Waals surface area contributed by atoms with Gasteiger partial charge in [0.2, 0.25) is 5.91 Å². The minimum Gasteiger partial charge on any atom is -0.334 e. The summed E-state index contributed by atoms with van der Waals surface area (Å²) in [6, 6.07) is 21.9. The molecular weight excluding hydrogens is 567 g/mol. The van der Waals surface area contributed by atoms with Crippen LogP contribution in [0.15, 0.2) is 66.7 Å². The molecule has 222 valence electrons. The number of benzene rings is 3. The minimum absolute atomic E-state index is 0.0202. The minimum atomic E-state index is -0.317. The lowest BCUT2D eigenvalue weighted by atomic mass is 9.93. The van der Waals surface area contributed by atoms with Crippen molar-refractivity contribution in [1.29, 1.82) is 0 Å². The summed E-state index contributed by atoms with van der Waals surface area (Å²) in [5, 5.41) is 4.47. The lowest BCUT2D eigenvalue weighted by Gasteiger charge is -2.42. The third-order valence-electron chi connectivity index (χ3n) is 8.54. The summed E-state index contributed by atoms with van der Waals surface area (Å²) in [7, 11) is 0. The molecule has 6 nitrogen and oxygen atoms in total. The maximum absolute atomic E-state index is 13.7. The summed E-state index contributed by atoms with van der Waals surface area (Å²) in [5.41, 5.74) is 4.99. The number of piperazine rings is 1. The van der Waals surface area contributed by atoms with Crippen LogP contribution in [-0.4, -0.2) is 71.8 Å². The van der Waals surface area contributed by atoms with Gasteiger partial charge in [0.05, 0.1) is 22.6 Å². The van der Waals surface area contributed by atoms with E-state index in [0.29, 0.717) is 41.2 Å². The van der Waals surface area contributed by atoms with Gasteiger partial charge in [-0.3, -0.25) is 14.5 Å². The largest absolute Gasteiger partial charge is 0.334 e. The number of halogens is 2. The van der Waals surface area contributed by atoms with Crippen LogP contribution in [0.2, 0.25) is 10.0 Å². The van der Waals surface area contributed by atoms with Gasteiger partial charge in [-0.1, -0.05) is 83.7 Å². The molecule has 2 heterocycles. The zero-order chi connectivity index (χ0) is 29.8. The Bertz CT molecular complexity index is 1400. The van der Waals surface area contributed by atoms with Crippen molar-refractivity contribution < 1.29 is 9.59 Å². The summed E-state index contributed by atoms with van der Waals surface area (Å²) in [6.07, 6.45) is 0.996. The molecule has 2 aliphatic rings. The molecule has 3 aromatic rings. The van der Waals surface area contributed by atoms with E-state index >= 15 is 0 Å². The molecule has 0 aromatic heterocycles. The maximum Gasteiger partial charge on any atom is 0.254 e. The van der Waals surface area contributed by atoms with Gasteiger partial charge < -0.3 is 15.1 Å². The molecule has 2 fully saturated rings. The highest BCUT2D eigenvalue weighted by atomic mass is 35.5. The maximum atomic E-state index is 13.7. The van der Waals surface area contributed by atoms with Crippen molar-refractivity contribution >= 4 is 35.0 Å². The number of hydrogen-bond donors (Lipinski definition) is 1. The Hall–Kier alpha value is -2.90. The Balaban J connectivity index is 1.25. The number of carbonyl (C=O) groups excluding carboxylic acids is 2. The first-order chi connectivity index (χ1) is 20.2. The summed E-state index contributed by atoms with van der Waals surface area (Å²) in [6.45, 7) is 10.8. The van der Waals surface area contributed by atoms with Crippen LogP contribution in [0, 0.1) is 19.8 Å². The molecule has 0 radical (unpaired) electrons. The fourth-order valence-electron chi connectivity index (χ4n) is 6.39. The van der Waals surface area contributed by atoms with E-state index in [1.165, 1.54) is 5.56 Å². The molecule has 1 N–H and O–H groups in total. The molecule has 3 aromatic carbocycles. The lowest BCUT2D eigenvalue weighted by molar-refractivity contribution is -0.135. The molecule has 2 aliphatic heterocycles.